The van der Waals surface area contributed by atoms with Crippen LogP contribution in [0.3, 0.4) is 0 Å². The molecule has 0 radical (unpaired) electrons. The maximum atomic E-state index is 9.79. The van der Waals surface area contributed by atoms with Crippen molar-refractivity contribution in [3.8, 4) is 11.8 Å². The standard InChI is InChI=1S/C17H17NO3/c18-10-14-6-8-17(9-7-14)21-13-16(19)12-20-11-15-4-2-1-3-5-15/h1-9,16,19H,11-13H2. The van der Waals surface area contributed by atoms with Crippen LogP contribution >= 0.6 is 0 Å². The molecule has 4 nitrogen and oxygen atoms in total. The maximum Gasteiger partial charge on any atom is 0.119 e. The second-order valence-corrected chi connectivity index (χ2v) is 4.60. The smallest absolute Gasteiger partial charge is 0.119 e. The quantitative estimate of drug-likeness (QED) is 0.848. The van der Waals surface area contributed by atoms with Crippen molar-refractivity contribution in [2.24, 2.45) is 0 Å². The third-order valence-corrected chi connectivity index (χ3v) is 2.85. The van der Waals surface area contributed by atoms with Gasteiger partial charge in [-0.15, -0.1) is 0 Å². The predicted molar refractivity (Wildman–Crippen MR) is 78.8 cm³/mol. The highest BCUT2D eigenvalue weighted by Crippen LogP contribution is 2.11. The Morgan fingerprint density at radius 2 is 1.71 bits per heavy atom. The molecule has 0 spiro atoms. The number of ether oxygens (including phenoxy) is 2. The van der Waals surface area contributed by atoms with E-state index in [1.807, 2.05) is 36.4 Å². The van der Waals surface area contributed by atoms with Gasteiger partial charge in [-0.2, -0.15) is 5.26 Å². The van der Waals surface area contributed by atoms with Crippen LogP contribution in [0.2, 0.25) is 0 Å². The van der Waals surface area contributed by atoms with Gasteiger partial charge in [-0.1, -0.05) is 30.3 Å². The summed E-state index contributed by atoms with van der Waals surface area (Å²) >= 11 is 0. The molecule has 0 aliphatic heterocycles. The lowest BCUT2D eigenvalue weighted by atomic mass is 10.2. The minimum Gasteiger partial charge on any atom is -0.491 e. The average molecular weight is 283 g/mol. The molecule has 0 saturated heterocycles. The molecule has 0 aliphatic carbocycles. The molecule has 0 heterocycles. The van der Waals surface area contributed by atoms with Crippen molar-refractivity contribution in [2.45, 2.75) is 12.7 Å². The zero-order chi connectivity index (χ0) is 14.9. The van der Waals surface area contributed by atoms with Gasteiger partial charge in [-0.3, -0.25) is 0 Å². The van der Waals surface area contributed by atoms with Gasteiger partial charge in [-0.25, -0.2) is 0 Å². The van der Waals surface area contributed by atoms with Crippen LogP contribution in [0.15, 0.2) is 54.6 Å². The Balaban J connectivity index is 1.67. The average Bonchev–Trinajstić information content (AvgIpc) is 2.54. The highest BCUT2D eigenvalue weighted by molar-refractivity contribution is 5.34. The number of hydrogen-bond donors (Lipinski definition) is 1. The van der Waals surface area contributed by atoms with Gasteiger partial charge < -0.3 is 14.6 Å². The zero-order valence-electron chi connectivity index (χ0n) is 11.6. The monoisotopic (exact) mass is 283 g/mol. The molecule has 21 heavy (non-hydrogen) atoms. The van der Waals surface area contributed by atoms with Crippen LogP contribution in [0.5, 0.6) is 5.75 Å². The number of aliphatic hydroxyl groups excluding tert-OH is 1. The van der Waals surface area contributed by atoms with Crippen molar-refractivity contribution >= 4 is 0 Å². The van der Waals surface area contributed by atoms with Gasteiger partial charge in [0.2, 0.25) is 0 Å². The van der Waals surface area contributed by atoms with E-state index in [9.17, 15) is 5.11 Å². The molecule has 0 bridgehead atoms. The molecule has 1 N–H and O–H groups in total. The Kier molecular flexibility index (Phi) is 5.77. The summed E-state index contributed by atoms with van der Waals surface area (Å²) in [5.74, 6) is 0.621. The van der Waals surface area contributed by atoms with Crippen molar-refractivity contribution in [3.63, 3.8) is 0 Å². The summed E-state index contributed by atoms with van der Waals surface area (Å²) in [7, 11) is 0. The number of benzene rings is 2. The molecule has 0 aliphatic rings. The molecule has 1 unspecified atom stereocenters. The molecule has 2 aromatic carbocycles. The third kappa shape index (κ3) is 5.27. The van der Waals surface area contributed by atoms with Gasteiger partial charge in [-0.05, 0) is 29.8 Å². The van der Waals surface area contributed by atoms with Gasteiger partial charge in [0.25, 0.3) is 0 Å². The molecular formula is C17H17NO3. The summed E-state index contributed by atoms with van der Waals surface area (Å²) in [6.07, 6.45) is -0.690. The first-order valence-corrected chi connectivity index (χ1v) is 6.70. The number of rotatable bonds is 7. The van der Waals surface area contributed by atoms with Crippen molar-refractivity contribution in [2.75, 3.05) is 13.2 Å². The van der Waals surface area contributed by atoms with E-state index in [1.54, 1.807) is 24.3 Å². The number of nitriles is 1. The summed E-state index contributed by atoms with van der Waals surface area (Å²) in [6.45, 7) is 0.834. The minimum absolute atomic E-state index is 0.153. The van der Waals surface area contributed by atoms with E-state index in [4.69, 9.17) is 14.7 Å². The van der Waals surface area contributed by atoms with Crippen molar-refractivity contribution < 1.29 is 14.6 Å². The Hall–Kier alpha value is -2.35. The minimum atomic E-state index is -0.690. The molecule has 2 rings (SSSR count). The lowest BCUT2D eigenvalue weighted by molar-refractivity contribution is 0.00549. The largest absolute Gasteiger partial charge is 0.491 e. The van der Waals surface area contributed by atoms with Crippen LogP contribution in [-0.2, 0) is 11.3 Å². The second-order valence-electron chi connectivity index (χ2n) is 4.60. The first-order valence-electron chi connectivity index (χ1n) is 6.70. The SMILES string of the molecule is N#Cc1ccc(OCC(O)COCc2ccccc2)cc1. The van der Waals surface area contributed by atoms with Gasteiger partial charge in [0.1, 0.15) is 18.5 Å². The Bertz CT molecular complexity index is 575. The molecule has 2 aromatic rings. The molecule has 0 aromatic heterocycles. The van der Waals surface area contributed by atoms with E-state index in [0.717, 1.165) is 5.56 Å². The molecule has 0 saturated carbocycles. The third-order valence-electron chi connectivity index (χ3n) is 2.85. The number of nitrogens with zero attached hydrogens (tertiary/aromatic N) is 1. The number of hydrogen-bond acceptors (Lipinski definition) is 4. The predicted octanol–water partition coefficient (Wildman–Crippen LogP) is 2.51. The number of aliphatic hydroxyl groups is 1. The van der Waals surface area contributed by atoms with E-state index in [1.165, 1.54) is 0 Å². The van der Waals surface area contributed by atoms with Crippen LogP contribution in [0, 0.1) is 11.3 Å². The lowest BCUT2D eigenvalue weighted by Gasteiger charge is -2.13. The first kappa shape index (κ1) is 15.0. The van der Waals surface area contributed by atoms with E-state index in [-0.39, 0.29) is 13.2 Å². The summed E-state index contributed by atoms with van der Waals surface area (Å²) in [4.78, 5) is 0. The Morgan fingerprint density at radius 1 is 1.00 bits per heavy atom. The van der Waals surface area contributed by atoms with Crippen LogP contribution in [-0.4, -0.2) is 24.4 Å². The van der Waals surface area contributed by atoms with Gasteiger partial charge in [0.15, 0.2) is 0 Å². The summed E-state index contributed by atoms with van der Waals surface area (Å²) in [6, 6.07) is 18.6. The Labute approximate surface area is 124 Å². The van der Waals surface area contributed by atoms with Crippen LogP contribution in [0.4, 0.5) is 0 Å². The summed E-state index contributed by atoms with van der Waals surface area (Å²) in [5, 5.41) is 18.5. The van der Waals surface area contributed by atoms with E-state index < -0.39 is 6.10 Å². The van der Waals surface area contributed by atoms with E-state index >= 15 is 0 Å². The maximum absolute atomic E-state index is 9.79. The van der Waals surface area contributed by atoms with E-state index in [0.29, 0.717) is 17.9 Å². The van der Waals surface area contributed by atoms with Crippen molar-refractivity contribution in [1.82, 2.24) is 0 Å². The fourth-order valence-electron chi connectivity index (χ4n) is 1.75. The zero-order valence-corrected chi connectivity index (χ0v) is 11.6. The van der Waals surface area contributed by atoms with Gasteiger partial charge >= 0.3 is 0 Å². The summed E-state index contributed by atoms with van der Waals surface area (Å²) in [5.41, 5.74) is 1.65. The first-order chi connectivity index (χ1) is 10.3. The van der Waals surface area contributed by atoms with Crippen molar-refractivity contribution in [3.05, 3.63) is 65.7 Å². The van der Waals surface area contributed by atoms with Crippen LogP contribution in [0.1, 0.15) is 11.1 Å². The fraction of sp³-hybridized carbons (Fsp3) is 0.235. The Morgan fingerprint density at radius 3 is 2.38 bits per heavy atom. The van der Waals surface area contributed by atoms with E-state index in [2.05, 4.69) is 0 Å². The fourth-order valence-corrected chi connectivity index (χ4v) is 1.75. The topological polar surface area (TPSA) is 62.5 Å². The van der Waals surface area contributed by atoms with Crippen LogP contribution in [0.25, 0.3) is 0 Å². The highest BCUT2D eigenvalue weighted by Gasteiger charge is 2.06. The normalized spacial score (nSPS) is 11.6. The lowest BCUT2D eigenvalue weighted by Crippen LogP contribution is -2.23. The molecule has 0 amide bonds. The summed E-state index contributed by atoms with van der Waals surface area (Å²) < 4.78 is 10.9. The molecule has 4 heteroatoms. The molecule has 1 atom stereocenters. The second kappa shape index (κ2) is 8.05. The molecule has 0 fully saturated rings. The molecular weight excluding hydrogens is 266 g/mol. The molecule has 108 valence electrons. The van der Waals surface area contributed by atoms with Crippen LogP contribution < -0.4 is 4.74 Å². The van der Waals surface area contributed by atoms with Gasteiger partial charge in [0.05, 0.1) is 24.8 Å². The van der Waals surface area contributed by atoms with Crippen molar-refractivity contribution in [1.29, 1.82) is 5.26 Å². The van der Waals surface area contributed by atoms with Gasteiger partial charge in [0, 0.05) is 0 Å². The highest BCUT2D eigenvalue weighted by atomic mass is 16.5.